The van der Waals surface area contributed by atoms with Crippen LogP contribution >= 0.6 is 27.5 Å². The van der Waals surface area contributed by atoms with E-state index in [1.807, 2.05) is 0 Å². The summed E-state index contributed by atoms with van der Waals surface area (Å²) in [6, 6.07) is 6.76. The molecule has 2 aromatic rings. The Labute approximate surface area is 127 Å². The van der Waals surface area contributed by atoms with Gasteiger partial charge in [-0.1, -0.05) is 46.2 Å². The van der Waals surface area contributed by atoms with E-state index in [0.717, 1.165) is 9.04 Å². The zero-order valence-corrected chi connectivity index (χ0v) is 12.5. The van der Waals surface area contributed by atoms with Crippen LogP contribution in [0.1, 0.15) is 0 Å². The molecule has 0 spiro atoms. The number of nitrogens with one attached hydrogen (secondary N) is 1. The molecule has 0 unspecified atom stereocenters. The fourth-order valence-corrected chi connectivity index (χ4v) is 2.14. The van der Waals surface area contributed by atoms with Gasteiger partial charge in [0.05, 0.1) is 6.54 Å². The van der Waals surface area contributed by atoms with Gasteiger partial charge in [0.2, 0.25) is 5.88 Å². The molecule has 0 aliphatic rings. The van der Waals surface area contributed by atoms with Crippen molar-refractivity contribution in [3.8, 4) is 17.0 Å². The predicted octanol–water partition coefficient (Wildman–Crippen LogP) is 2.42. The number of rotatable bonds is 3. The number of halogens is 2. The van der Waals surface area contributed by atoms with Crippen LogP contribution in [-0.4, -0.2) is 14.7 Å². The normalized spacial score (nSPS) is 10.5. The molecule has 1 heterocycles. The monoisotopic (exact) mass is 356 g/mol. The molecule has 1 aromatic heterocycles. The van der Waals surface area contributed by atoms with Crippen molar-refractivity contribution in [2.24, 2.45) is 0 Å². The Morgan fingerprint density at radius 2 is 1.95 bits per heavy atom. The summed E-state index contributed by atoms with van der Waals surface area (Å²) in [6.07, 6.45) is 0. The summed E-state index contributed by atoms with van der Waals surface area (Å²) in [5.74, 6) is -0.442. The molecule has 0 saturated heterocycles. The van der Waals surface area contributed by atoms with Gasteiger partial charge in [-0.2, -0.15) is 0 Å². The highest BCUT2D eigenvalue weighted by Gasteiger charge is 2.16. The van der Waals surface area contributed by atoms with E-state index >= 15 is 0 Å². The lowest BCUT2D eigenvalue weighted by Crippen LogP contribution is -2.31. The van der Waals surface area contributed by atoms with E-state index in [1.165, 1.54) is 0 Å². The highest BCUT2D eigenvalue weighted by atomic mass is 79.9. The summed E-state index contributed by atoms with van der Waals surface area (Å²) in [5.41, 5.74) is -0.905. The number of benzene rings is 1. The Morgan fingerprint density at radius 1 is 1.35 bits per heavy atom. The number of aromatic nitrogens is 2. The zero-order valence-electron chi connectivity index (χ0n) is 10.2. The number of aromatic amines is 1. The van der Waals surface area contributed by atoms with Crippen LogP contribution in [0, 0.1) is 0 Å². The number of aromatic hydroxyl groups is 1. The largest absolute Gasteiger partial charge is 0.494 e. The van der Waals surface area contributed by atoms with E-state index in [4.69, 9.17) is 11.6 Å². The molecule has 0 radical (unpaired) electrons. The fraction of sp³-hybridized carbons (Fsp3) is 0.0769. The van der Waals surface area contributed by atoms with Crippen molar-refractivity contribution in [2.45, 2.75) is 6.54 Å². The molecule has 20 heavy (non-hydrogen) atoms. The second-order valence-electron chi connectivity index (χ2n) is 4.07. The van der Waals surface area contributed by atoms with Crippen molar-refractivity contribution in [3.05, 3.63) is 61.2 Å². The first-order chi connectivity index (χ1) is 9.40. The molecule has 2 N–H and O–H groups in total. The van der Waals surface area contributed by atoms with E-state index in [-0.39, 0.29) is 17.1 Å². The highest BCUT2D eigenvalue weighted by molar-refractivity contribution is 9.10. The average molecular weight is 358 g/mol. The van der Waals surface area contributed by atoms with E-state index < -0.39 is 17.1 Å². The summed E-state index contributed by atoms with van der Waals surface area (Å²) in [5, 5.41) is 10.3. The van der Waals surface area contributed by atoms with Gasteiger partial charge >= 0.3 is 5.69 Å². The Bertz CT molecular complexity index is 778. The van der Waals surface area contributed by atoms with Gasteiger partial charge in [0.15, 0.2) is 0 Å². The number of H-pyrrole nitrogens is 1. The Balaban J connectivity index is 2.70. The van der Waals surface area contributed by atoms with Crippen LogP contribution in [0.2, 0.25) is 0 Å². The van der Waals surface area contributed by atoms with Gasteiger partial charge < -0.3 is 5.11 Å². The average Bonchev–Trinajstić information content (AvgIpc) is 2.36. The molecule has 0 aliphatic carbocycles. The van der Waals surface area contributed by atoms with Gasteiger partial charge in [-0.15, -0.1) is 0 Å². The summed E-state index contributed by atoms with van der Waals surface area (Å²) in [6.45, 7) is 3.37. The quantitative estimate of drug-likeness (QED) is 0.886. The molecule has 1 aromatic carbocycles. The van der Waals surface area contributed by atoms with Crippen LogP contribution in [0.25, 0.3) is 11.1 Å². The Hall–Kier alpha value is -1.79. The van der Waals surface area contributed by atoms with Crippen LogP contribution < -0.4 is 11.2 Å². The summed E-state index contributed by atoms with van der Waals surface area (Å²) < 4.78 is 1.79. The Kier molecular flexibility index (Phi) is 4.15. The van der Waals surface area contributed by atoms with E-state index in [0.29, 0.717) is 5.56 Å². The van der Waals surface area contributed by atoms with Gasteiger partial charge in [-0.05, 0) is 17.7 Å². The molecule has 5 nitrogen and oxygen atoms in total. The van der Waals surface area contributed by atoms with Crippen LogP contribution in [0.15, 0.2) is 49.9 Å². The van der Waals surface area contributed by atoms with E-state index in [2.05, 4.69) is 27.5 Å². The van der Waals surface area contributed by atoms with Gasteiger partial charge in [0.1, 0.15) is 5.56 Å². The molecule has 0 saturated carbocycles. The minimum absolute atomic E-state index is 0.00927. The van der Waals surface area contributed by atoms with Gasteiger partial charge in [0, 0.05) is 9.51 Å². The number of hydrogen-bond donors (Lipinski definition) is 2. The Morgan fingerprint density at radius 3 is 2.50 bits per heavy atom. The summed E-state index contributed by atoms with van der Waals surface area (Å²) in [4.78, 5) is 25.7. The third kappa shape index (κ3) is 2.86. The molecule has 0 aliphatic heterocycles. The van der Waals surface area contributed by atoms with Crippen molar-refractivity contribution in [2.75, 3.05) is 0 Å². The summed E-state index contributed by atoms with van der Waals surface area (Å²) in [7, 11) is 0. The first-order valence-corrected chi connectivity index (χ1v) is 6.72. The predicted molar refractivity (Wildman–Crippen MR) is 81.1 cm³/mol. The van der Waals surface area contributed by atoms with Crippen molar-refractivity contribution in [1.82, 2.24) is 9.55 Å². The zero-order chi connectivity index (χ0) is 14.9. The van der Waals surface area contributed by atoms with Crippen LogP contribution in [0.4, 0.5) is 0 Å². The van der Waals surface area contributed by atoms with Crippen molar-refractivity contribution in [3.63, 3.8) is 0 Å². The topological polar surface area (TPSA) is 75.1 Å². The molecular formula is C13H10BrClN2O3. The lowest BCUT2D eigenvalue weighted by Gasteiger charge is -2.10. The SMILES string of the molecule is C=C(Cl)Cn1c(O)c(-c2ccc(Br)cc2)c(=O)[nH]c1=O. The lowest BCUT2D eigenvalue weighted by molar-refractivity contribution is 0.412. The van der Waals surface area contributed by atoms with Crippen molar-refractivity contribution >= 4 is 27.5 Å². The van der Waals surface area contributed by atoms with Gasteiger partial charge in [0.25, 0.3) is 5.56 Å². The maximum Gasteiger partial charge on any atom is 0.331 e. The van der Waals surface area contributed by atoms with E-state index in [1.54, 1.807) is 24.3 Å². The molecular weight excluding hydrogens is 348 g/mol. The molecule has 2 rings (SSSR count). The van der Waals surface area contributed by atoms with Gasteiger partial charge in [-0.25, -0.2) is 4.79 Å². The van der Waals surface area contributed by atoms with Crippen molar-refractivity contribution in [1.29, 1.82) is 0 Å². The van der Waals surface area contributed by atoms with Crippen LogP contribution in [0.3, 0.4) is 0 Å². The summed E-state index contributed by atoms with van der Waals surface area (Å²) >= 11 is 8.93. The molecule has 7 heteroatoms. The number of allylic oxidation sites excluding steroid dienone is 1. The number of hydrogen-bond acceptors (Lipinski definition) is 3. The molecule has 0 fully saturated rings. The molecule has 0 atom stereocenters. The lowest BCUT2D eigenvalue weighted by atomic mass is 10.1. The second-order valence-corrected chi connectivity index (χ2v) is 5.52. The first-order valence-electron chi connectivity index (χ1n) is 5.55. The third-order valence-corrected chi connectivity index (χ3v) is 3.28. The first kappa shape index (κ1) is 14.6. The van der Waals surface area contributed by atoms with E-state index in [9.17, 15) is 14.7 Å². The maximum absolute atomic E-state index is 11.9. The smallest absolute Gasteiger partial charge is 0.331 e. The minimum atomic E-state index is -0.741. The fourth-order valence-electron chi connectivity index (χ4n) is 1.75. The third-order valence-electron chi connectivity index (χ3n) is 2.63. The van der Waals surface area contributed by atoms with Crippen LogP contribution in [0.5, 0.6) is 5.88 Å². The second kappa shape index (κ2) is 5.68. The van der Waals surface area contributed by atoms with Crippen LogP contribution in [-0.2, 0) is 6.54 Å². The molecule has 104 valence electrons. The maximum atomic E-state index is 11.9. The molecule has 0 amide bonds. The van der Waals surface area contributed by atoms with Crippen molar-refractivity contribution < 1.29 is 5.11 Å². The highest BCUT2D eigenvalue weighted by Crippen LogP contribution is 2.25. The van der Waals surface area contributed by atoms with Gasteiger partial charge in [-0.3, -0.25) is 14.3 Å². The molecule has 0 bridgehead atoms. The standard InChI is InChI=1S/C13H10BrClN2O3/c1-7(15)6-17-12(19)10(11(18)16-13(17)20)8-2-4-9(14)5-3-8/h2-5,19H,1,6H2,(H,16,18,20). The number of nitrogens with zero attached hydrogens (tertiary/aromatic N) is 1. The minimum Gasteiger partial charge on any atom is -0.494 e.